The van der Waals surface area contributed by atoms with E-state index in [1.165, 1.54) is 0 Å². The maximum atomic E-state index is 12.5. The van der Waals surface area contributed by atoms with E-state index in [0.29, 0.717) is 40.0 Å². The average Bonchev–Trinajstić information content (AvgIpc) is 3.36. The Balaban J connectivity index is 1.57. The van der Waals surface area contributed by atoms with E-state index in [1.54, 1.807) is 50.6 Å². The SMILES string of the molecule is COc1cccc(-c2ccc(C(=O)Nc3ccc4c(c3)OCO4)o2)c1OC. The molecule has 1 amide bonds. The molecule has 0 aliphatic carbocycles. The number of nitrogens with one attached hydrogen (secondary N) is 1. The Morgan fingerprint density at radius 1 is 1.00 bits per heavy atom. The molecule has 27 heavy (non-hydrogen) atoms. The molecule has 1 aliphatic rings. The number of rotatable bonds is 5. The number of hydrogen-bond acceptors (Lipinski definition) is 6. The highest BCUT2D eigenvalue weighted by atomic mass is 16.7. The summed E-state index contributed by atoms with van der Waals surface area (Å²) in [6.07, 6.45) is 0. The molecule has 1 aromatic heterocycles. The molecule has 0 atom stereocenters. The molecule has 1 N–H and O–H groups in total. The standard InChI is InChI=1S/C20H17NO6/c1-23-16-5-3-4-13(19(16)24-2)14-8-9-17(27-14)20(22)21-12-6-7-15-18(10-12)26-11-25-15/h3-10H,11H2,1-2H3,(H,21,22). The Kier molecular flexibility index (Phi) is 4.33. The summed E-state index contributed by atoms with van der Waals surface area (Å²) in [5.74, 6) is 2.67. The summed E-state index contributed by atoms with van der Waals surface area (Å²) < 4.78 is 27.0. The Hall–Kier alpha value is -3.61. The van der Waals surface area contributed by atoms with E-state index in [2.05, 4.69) is 5.32 Å². The second-order valence-electron chi connectivity index (χ2n) is 5.73. The largest absolute Gasteiger partial charge is 0.493 e. The van der Waals surface area contributed by atoms with Gasteiger partial charge in [-0.1, -0.05) is 6.07 Å². The molecule has 0 spiro atoms. The molecule has 138 valence electrons. The summed E-state index contributed by atoms with van der Waals surface area (Å²) in [7, 11) is 3.12. The summed E-state index contributed by atoms with van der Waals surface area (Å²) in [5, 5.41) is 2.78. The summed E-state index contributed by atoms with van der Waals surface area (Å²) in [6, 6.07) is 14.0. The summed E-state index contributed by atoms with van der Waals surface area (Å²) in [4.78, 5) is 12.5. The van der Waals surface area contributed by atoms with E-state index in [9.17, 15) is 4.79 Å². The number of carbonyl (C=O) groups is 1. The second-order valence-corrected chi connectivity index (χ2v) is 5.73. The maximum absolute atomic E-state index is 12.5. The van der Waals surface area contributed by atoms with Crippen molar-refractivity contribution in [2.24, 2.45) is 0 Å². The van der Waals surface area contributed by atoms with Gasteiger partial charge in [0.1, 0.15) is 5.76 Å². The van der Waals surface area contributed by atoms with Gasteiger partial charge in [-0.2, -0.15) is 0 Å². The first-order chi connectivity index (χ1) is 13.2. The fraction of sp³-hybridized carbons (Fsp3) is 0.150. The van der Waals surface area contributed by atoms with Gasteiger partial charge in [0.25, 0.3) is 5.91 Å². The van der Waals surface area contributed by atoms with Crippen molar-refractivity contribution in [1.29, 1.82) is 0 Å². The van der Waals surface area contributed by atoms with Gasteiger partial charge in [0.15, 0.2) is 28.8 Å². The van der Waals surface area contributed by atoms with Gasteiger partial charge in [-0.25, -0.2) is 0 Å². The quantitative estimate of drug-likeness (QED) is 0.736. The van der Waals surface area contributed by atoms with Crippen LogP contribution in [-0.2, 0) is 0 Å². The Bertz CT molecular complexity index is 994. The zero-order valence-corrected chi connectivity index (χ0v) is 14.8. The van der Waals surface area contributed by atoms with Crippen LogP contribution in [0.1, 0.15) is 10.6 Å². The molecule has 7 heteroatoms. The number of amides is 1. The minimum absolute atomic E-state index is 0.174. The zero-order chi connectivity index (χ0) is 18.8. The van der Waals surface area contributed by atoms with Crippen molar-refractivity contribution in [2.45, 2.75) is 0 Å². The lowest BCUT2D eigenvalue weighted by Crippen LogP contribution is -2.10. The van der Waals surface area contributed by atoms with Crippen molar-refractivity contribution >= 4 is 11.6 Å². The lowest BCUT2D eigenvalue weighted by Gasteiger charge is -2.10. The number of carbonyl (C=O) groups excluding carboxylic acids is 1. The summed E-state index contributed by atoms with van der Waals surface area (Å²) in [5.41, 5.74) is 1.28. The van der Waals surface area contributed by atoms with Crippen molar-refractivity contribution in [2.75, 3.05) is 26.3 Å². The third-order valence-electron chi connectivity index (χ3n) is 4.13. The maximum Gasteiger partial charge on any atom is 0.291 e. The highest BCUT2D eigenvalue weighted by Gasteiger charge is 2.19. The minimum Gasteiger partial charge on any atom is -0.493 e. The van der Waals surface area contributed by atoms with E-state index < -0.39 is 0 Å². The van der Waals surface area contributed by atoms with Crippen LogP contribution in [0, 0.1) is 0 Å². The zero-order valence-electron chi connectivity index (χ0n) is 14.8. The van der Waals surface area contributed by atoms with Crippen molar-refractivity contribution in [3.05, 3.63) is 54.3 Å². The molecule has 2 heterocycles. The minimum atomic E-state index is -0.373. The predicted molar refractivity (Wildman–Crippen MR) is 97.8 cm³/mol. The summed E-state index contributed by atoms with van der Waals surface area (Å²) >= 11 is 0. The molecule has 4 rings (SSSR count). The van der Waals surface area contributed by atoms with E-state index >= 15 is 0 Å². The number of benzene rings is 2. The van der Waals surface area contributed by atoms with Crippen LogP contribution in [0.3, 0.4) is 0 Å². The number of ether oxygens (including phenoxy) is 4. The van der Waals surface area contributed by atoms with Gasteiger partial charge in [-0.3, -0.25) is 4.79 Å². The third kappa shape index (κ3) is 3.15. The molecular weight excluding hydrogens is 350 g/mol. The van der Waals surface area contributed by atoms with Gasteiger partial charge in [-0.05, 0) is 36.4 Å². The lowest BCUT2D eigenvalue weighted by atomic mass is 10.1. The first-order valence-corrected chi connectivity index (χ1v) is 8.22. The normalized spacial score (nSPS) is 11.9. The molecule has 2 aromatic carbocycles. The van der Waals surface area contributed by atoms with Crippen molar-refractivity contribution in [3.63, 3.8) is 0 Å². The average molecular weight is 367 g/mol. The highest BCUT2D eigenvalue weighted by molar-refractivity contribution is 6.02. The molecule has 0 saturated carbocycles. The fourth-order valence-corrected chi connectivity index (χ4v) is 2.85. The highest BCUT2D eigenvalue weighted by Crippen LogP contribution is 2.38. The first kappa shape index (κ1) is 16.8. The molecule has 0 unspecified atom stereocenters. The smallest absolute Gasteiger partial charge is 0.291 e. The third-order valence-corrected chi connectivity index (χ3v) is 4.13. The fourth-order valence-electron chi connectivity index (χ4n) is 2.85. The summed E-state index contributed by atoms with van der Waals surface area (Å²) in [6.45, 7) is 0.177. The van der Waals surface area contributed by atoms with Crippen LogP contribution < -0.4 is 24.3 Å². The van der Waals surface area contributed by atoms with E-state index in [-0.39, 0.29) is 18.5 Å². The molecule has 0 saturated heterocycles. The van der Waals surface area contributed by atoms with Crippen LogP contribution >= 0.6 is 0 Å². The van der Waals surface area contributed by atoms with Crippen LogP contribution in [0.4, 0.5) is 5.69 Å². The van der Waals surface area contributed by atoms with Crippen LogP contribution in [0.5, 0.6) is 23.0 Å². The van der Waals surface area contributed by atoms with Gasteiger partial charge in [0.2, 0.25) is 6.79 Å². The number of anilines is 1. The van der Waals surface area contributed by atoms with Crippen LogP contribution in [0.15, 0.2) is 52.9 Å². The number of methoxy groups -OCH3 is 2. The molecule has 1 aliphatic heterocycles. The number of fused-ring (bicyclic) bond motifs is 1. The lowest BCUT2D eigenvalue weighted by molar-refractivity contribution is 0.0997. The first-order valence-electron chi connectivity index (χ1n) is 8.22. The monoisotopic (exact) mass is 367 g/mol. The number of furan rings is 1. The second kappa shape index (κ2) is 6.95. The number of para-hydroxylation sites is 1. The molecule has 0 bridgehead atoms. The van der Waals surface area contributed by atoms with Gasteiger partial charge >= 0.3 is 0 Å². The molecule has 0 fully saturated rings. The molecule has 0 radical (unpaired) electrons. The Morgan fingerprint density at radius 3 is 2.67 bits per heavy atom. The van der Waals surface area contributed by atoms with Crippen LogP contribution in [0.25, 0.3) is 11.3 Å². The Morgan fingerprint density at radius 2 is 1.85 bits per heavy atom. The predicted octanol–water partition coefficient (Wildman–Crippen LogP) is 3.94. The van der Waals surface area contributed by atoms with Crippen LogP contribution in [-0.4, -0.2) is 26.9 Å². The van der Waals surface area contributed by atoms with Crippen molar-refractivity contribution in [1.82, 2.24) is 0 Å². The van der Waals surface area contributed by atoms with E-state index in [4.69, 9.17) is 23.4 Å². The molecule has 3 aromatic rings. The van der Waals surface area contributed by atoms with Gasteiger partial charge < -0.3 is 28.7 Å². The van der Waals surface area contributed by atoms with E-state index in [1.807, 2.05) is 12.1 Å². The van der Waals surface area contributed by atoms with Gasteiger partial charge in [-0.15, -0.1) is 0 Å². The van der Waals surface area contributed by atoms with Crippen molar-refractivity contribution < 1.29 is 28.2 Å². The molecular formula is C20H17NO6. The molecule has 7 nitrogen and oxygen atoms in total. The van der Waals surface area contributed by atoms with Gasteiger partial charge in [0.05, 0.1) is 19.8 Å². The van der Waals surface area contributed by atoms with Crippen molar-refractivity contribution in [3.8, 4) is 34.3 Å². The topological polar surface area (TPSA) is 79.2 Å². The Labute approximate surface area is 155 Å². The van der Waals surface area contributed by atoms with Crippen LogP contribution in [0.2, 0.25) is 0 Å². The number of hydrogen-bond donors (Lipinski definition) is 1. The van der Waals surface area contributed by atoms with Gasteiger partial charge in [0, 0.05) is 11.8 Å². The van der Waals surface area contributed by atoms with E-state index in [0.717, 1.165) is 0 Å².